The largest absolute Gasteiger partial charge is 0.481 e. The van der Waals surface area contributed by atoms with E-state index in [1.54, 1.807) is 4.90 Å². The second-order valence-corrected chi connectivity index (χ2v) is 5.98. The average molecular weight is 296 g/mol. The van der Waals surface area contributed by atoms with Gasteiger partial charge in [-0.25, -0.2) is 0 Å². The van der Waals surface area contributed by atoms with Gasteiger partial charge >= 0.3 is 5.97 Å². The minimum Gasteiger partial charge on any atom is -0.481 e. The molecule has 0 bridgehead atoms. The Hall–Kier alpha value is -1.59. The van der Waals surface area contributed by atoms with Crippen LogP contribution in [0.25, 0.3) is 0 Å². The fourth-order valence-corrected chi connectivity index (χ4v) is 2.88. The predicted molar refractivity (Wildman–Crippen MR) is 76.6 cm³/mol. The molecule has 0 aromatic carbocycles. The number of carboxylic acids is 1. The van der Waals surface area contributed by atoms with E-state index in [-0.39, 0.29) is 43.2 Å². The van der Waals surface area contributed by atoms with Crippen LogP contribution < -0.4 is 5.32 Å². The zero-order valence-corrected chi connectivity index (χ0v) is 12.3. The van der Waals surface area contributed by atoms with Crippen molar-refractivity contribution in [2.24, 2.45) is 5.92 Å². The van der Waals surface area contributed by atoms with Crippen LogP contribution in [0.2, 0.25) is 0 Å². The highest BCUT2D eigenvalue weighted by Crippen LogP contribution is 2.27. The molecule has 2 saturated carbocycles. The van der Waals surface area contributed by atoms with Gasteiger partial charge in [-0.2, -0.15) is 0 Å². The molecule has 6 heteroatoms. The molecule has 2 aliphatic carbocycles. The van der Waals surface area contributed by atoms with Crippen LogP contribution in [-0.4, -0.2) is 46.9 Å². The molecule has 0 aromatic heterocycles. The second kappa shape index (κ2) is 7.43. The number of aliphatic carboxylic acids is 1. The summed E-state index contributed by atoms with van der Waals surface area (Å²) in [7, 11) is 0. The van der Waals surface area contributed by atoms with E-state index in [1.807, 2.05) is 0 Å². The zero-order valence-electron chi connectivity index (χ0n) is 12.3. The molecular formula is C15H24N2O4. The van der Waals surface area contributed by atoms with E-state index in [0.717, 1.165) is 38.5 Å². The lowest BCUT2D eigenvalue weighted by atomic mass is 10.1. The number of carboxylic acid groups (broad SMARTS) is 1. The van der Waals surface area contributed by atoms with E-state index in [4.69, 9.17) is 5.11 Å². The Morgan fingerprint density at radius 2 is 1.71 bits per heavy atom. The van der Waals surface area contributed by atoms with Crippen LogP contribution in [-0.2, 0) is 14.4 Å². The molecule has 118 valence electrons. The number of hydrogen-bond donors (Lipinski definition) is 2. The molecule has 21 heavy (non-hydrogen) atoms. The number of hydrogen-bond acceptors (Lipinski definition) is 3. The Bertz CT molecular complexity index is 400. The van der Waals surface area contributed by atoms with Crippen molar-refractivity contribution in [1.82, 2.24) is 10.2 Å². The average Bonchev–Trinajstić information content (AvgIpc) is 3.11. The summed E-state index contributed by atoms with van der Waals surface area (Å²) in [5.74, 6) is -0.760. The molecule has 0 aromatic rings. The van der Waals surface area contributed by atoms with Gasteiger partial charge in [-0.15, -0.1) is 0 Å². The second-order valence-electron chi connectivity index (χ2n) is 5.98. The highest BCUT2D eigenvalue weighted by atomic mass is 16.4. The molecule has 0 aliphatic heterocycles. The predicted octanol–water partition coefficient (Wildman–Crippen LogP) is 1.15. The molecular weight excluding hydrogens is 272 g/mol. The van der Waals surface area contributed by atoms with E-state index in [2.05, 4.69) is 5.32 Å². The fraction of sp³-hybridized carbons (Fsp3) is 0.800. The maximum atomic E-state index is 12.1. The van der Waals surface area contributed by atoms with E-state index >= 15 is 0 Å². The minimum absolute atomic E-state index is 0.0172. The van der Waals surface area contributed by atoms with Crippen molar-refractivity contribution in [2.75, 3.05) is 13.1 Å². The summed E-state index contributed by atoms with van der Waals surface area (Å²) in [6.45, 7) is 0.625. The Balaban J connectivity index is 1.69. The van der Waals surface area contributed by atoms with Gasteiger partial charge in [-0.1, -0.05) is 12.8 Å². The van der Waals surface area contributed by atoms with Crippen molar-refractivity contribution >= 4 is 17.8 Å². The third-order valence-electron chi connectivity index (χ3n) is 4.24. The lowest BCUT2D eigenvalue weighted by Crippen LogP contribution is -2.38. The summed E-state index contributed by atoms with van der Waals surface area (Å²) >= 11 is 0. The Labute approximate surface area is 124 Å². The monoisotopic (exact) mass is 296 g/mol. The van der Waals surface area contributed by atoms with Crippen molar-refractivity contribution in [3.8, 4) is 0 Å². The van der Waals surface area contributed by atoms with Gasteiger partial charge in [-0.3, -0.25) is 14.4 Å². The van der Waals surface area contributed by atoms with Crippen LogP contribution in [0.4, 0.5) is 0 Å². The van der Waals surface area contributed by atoms with Gasteiger partial charge in [0, 0.05) is 31.5 Å². The van der Waals surface area contributed by atoms with Crippen LogP contribution in [0.1, 0.15) is 51.4 Å². The molecule has 2 aliphatic rings. The zero-order chi connectivity index (χ0) is 15.2. The lowest BCUT2D eigenvalue weighted by Gasteiger charge is -2.22. The van der Waals surface area contributed by atoms with Crippen molar-refractivity contribution in [1.29, 1.82) is 0 Å². The van der Waals surface area contributed by atoms with Gasteiger partial charge in [0.2, 0.25) is 11.8 Å². The summed E-state index contributed by atoms with van der Waals surface area (Å²) in [6.07, 6.45) is 6.29. The molecule has 0 atom stereocenters. The molecule has 6 nitrogen and oxygen atoms in total. The van der Waals surface area contributed by atoms with Crippen molar-refractivity contribution < 1.29 is 19.5 Å². The highest BCUT2D eigenvalue weighted by molar-refractivity contribution is 5.81. The van der Waals surface area contributed by atoms with Gasteiger partial charge < -0.3 is 15.3 Å². The van der Waals surface area contributed by atoms with Gasteiger partial charge in [0.25, 0.3) is 0 Å². The Morgan fingerprint density at radius 3 is 2.29 bits per heavy atom. The fourth-order valence-electron chi connectivity index (χ4n) is 2.88. The molecule has 0 heterocycles. The SMILES string of the molecule is O=C(O)CCN(C(=O)CCNC(=O)C1CCCC1)C1CC1. The number of nitrogens with one attached hydrogen (secondary N) is 1. The van der Waals surface area contributed by atoms with Crippen molar-refractivity contribution in [2.45, 2.75) is 57.4 Å². The van der Waals surface area contributed by atoms with Crippen LogP contribution in [0, 0.1) is 5.92 Å². The smallest absolute Gasteiger partial charge is 0.305 e. The molecule has 0 saturated heterocycles. The van der Waals surface area contributed by atoms with Crippen molar-refractivity contribution in [3.63, 3.8) is 0 Å². The molecule has 2 N–H and O–H groups in total. The number of nitrogens with zero attached hydrogens (tertiary/aromatic N) is 1. The van der Waals surface area contributed by atoms with Gasteiger partial charge in [-0.05, 0) is 25.7 Å². The Morgan fingerprint density at radius 1 is 1.05 bits per heavy atom. The molecule has 2 fully saturated rings. The van der Waals surface area contributed by atoms with Gasteiger partial charge in [0.05, 0.1) is 6.42 Å². The first-order chi connectivity index (χ1) is 10.1. The van der Waals surface area contributed by atoms with Gasteiger partial charge in [0.1, 0.15) is 0 Å². The van der Waals surface area contributed by atoms with Crippen molar-refractivity contribution in [3.05, 3.63) is 0 Å². The summed E-state index contributed by atoms with van der Waals surface area (Å²) in [5, 5.41) is 11.6. The molecule has 2 amide bonds. The number of amides is 2. The van der Waals surface area contributed by atoms with E-state index in [9.17, 15) is 14.4 Å². The first kappa shape index (κ1) is 15.8. The van der Waals surface area contributed by atoms with E-state index < -0.39 is 5.97 Å². The van der Waals surface area contributed by atoms with Crippen LogP contribution in [0.15, 0.2) is 0 Å². The van der Waals surface area contributed by atoms with Crippen LogP contribution in [0.3, 0.4) is 0 Å². The van der Waals surface area contributed by atoms with Gasteiger partial charge in [0.15, 0.2) is 0 Å². The van der Waals surface area contributed by atoms with E-state index in [1.165, 1.54) is 0 Å². The summed E-state index contributed by atoms with van der Waals surface area (Å²) in [5.41, 5.74) is 0. The third kappa shape index (κ3) is 5.02. The summed E-state index contributed by atoms with van der Waals surface area (Å²) in [4.78, 5) is 36.3. The van der Waals surface area contributed by atoms with Crippen LogP contribution >= 0.6 is 0 Å². The first-order valence-corrected chi connectivity index (χ1v) is 7.87. The number of carbonyl (C=O) groups is 3. The molecule has 0 radical (unpaired) electrons. The minimum atomic E-state index is -0.886. The highest BCUT2D eigenvalue weighted by Gasteiger charge is 2.32. The summed E-state index contributed by atoms with van der Waals surface area (Å²) < 4.78 is 0. The third-order valence-corrected chi connectivity index (χ3v) is 4.24. The normalized spacial score (nSPS) is 18.5. The summed E-state index contributed by atoms with van der Waals surface area (Å²) in [6, 6.07) is 0.211. The topological polar surface area (TPSA) is 86.7 Å². The van der Waals surface area contributed by atoms with E-state index in [0.29, 0.717) is 6.54 Å². The standard InChI is InChI=1S/C15H24N2O4/c18-13(17(12-5-6-12)10-8-14(19)20)7-9-16-15(21)11-3-1-2-4-11/h11-12H,1-10H2,(H,16,21)(H,19,20). The molecule has 0 spiro atoms. The quantitative estimate of drug-likeness (QED) is 0.703. The molecule has 2 rings (SSSR count). The maximum Gasteiger partial charge on any atom is 0.305 e. The Kier molecular flexibility index (Phi) is 5.59. The van der Waals surface area contributed by atoms with Crippen LogP contribution in [0.5, 0.6) is 0 Å². The molecule has 0 unspecified atom stereocenters. The number of rotatable bonds is 8. The maximum absolute atomic E-state index is 12.1. The number of carbonyl (C=O) groups excluding carboxylic acids is 2. The first-order valence-electron chi connectivity index (χ1n) is 7.87. The lowest BCUT2D eigenvalue weighted by molar-refractivity contribution is -0.138.